The zero-order chi connectivity index (χ0) is 26.8. The number of hydroxylamine groups is 2. The van der Waals surface area contributed by atoms with E-state index in [1.165, 1.54) is 24.3 Å². The summed E-state index contributed by atoms with van der Waals surface area (Å²) in [5, 5.41) is -0.692. The Labute approximate surface area is 190 Å². The topological polar surface area (TPSA) is 29.5 Å². The molecule has 0 radical (unpaired) electrons. The van der Waals surface area contributed by atoms with Crippen molar-refractivity contribution in [3.63, 3.8) is 0 Å². The molecule has 34 heavy (non-hydrogen) atoms. The second-order valence-electron chi connectivity index (χ2n) is 6.64. The number of amides is 1. The van der Waals surface area contributed by atoms with Gasteiger partial charge in [-0.3, -0.25) is 9.63 Å². The summed E-state index contributed by atoms with van der Waals surface area (Å²) in [6, 6.07) is 7.31. The van der Waals surface area contributed by atoms with Gasteiger partial charge in [-0.05, 0) is 5.56 Å². The summed E-state index contributed by atoms with van der Waals surface area (Å²) in [6.45, 7) is -2.19. The monoisotopic (exact) mass is 589 g/mol. The fourth-order valence-corrected chi connectivity index (χ4v) is 2.54. The molecule has 0 aromatic heterocycles. The van der Waals surface area contributed by atoms with Crippen LogP contribution in [0.5, 0.6) is 0 Å². The van der Waals surface area contributed by atoms with E-state index in [1.807, 2.05) is 0 Å². The van der Waals surface area contributed by atoms with Crippen molar-refractivity contribution in [3.05, 3.63) is 35.9 Å². The smallest absolute Gasteiger partial charge is 0.272 e. The number of rotatable bonds is 11. The number of carbonyl (C=O) groups excluding carboxylic acids is 1. The molecule has 0 fully saturated rings. The van der Waals surface area contributed by atoms with E-state index in [2.05, 4.69) is 15.9 Å². The first-order chi connectivity index (χ1) is 15.2. The van der Waals surface area contributed by atoms with Gasteiger partial charge in [-0.15, -0.1) is 0 Å². The molecule has 3 nitrogen and oxygen atoms in total. The van der Waals surface area contributed by atoms with Crippen molar-refractivity contribution in [2.45, 2.75) is 48.8 Å². The zero-order valence-electron chi connectivity index (χ0n) is 16.3. The number of alkyl halides is 14. The Morgan fingerprint density at radius 3 is 1.68 bits per heavy atom. The van der Waals surface area contributed by atoms with Gasteiger partial charge < -0.3 is 0 Å². The van der Waals surface area contributed by atoms with Crippen molar-refractivity contribution in [1.82, 2.24) is 5.06 Å². The Hall–Kier alpha value is -1.78. The van der Waals surface area contributed by atoms with E-state index in [1.54, 1.807) is 6.07 Å². The van der Waals surface area contributed by atoms with Crippen LogP contribution in [0.2, 0.25) is 0 Å². The van der Waals surface area contributed by atoms with E-state index >= 15 is 0 Å². The molecule has 1 amide bonds. The van der Waals surface area contributed by atoms with Gasteiger partial charge in [0.15, 0.2) is 0 Å². The van der Waals surface area contributed by atoms with Crippen LogP contribution in [0.25, 0.3) is 0 Å². The summed E-state index contributed by atoms with van der Waals surface area (Å²) in [5.41, 5.74) is 0.313. The second-order valence-corrected chi connectivity index (χ2v) is 7.20. The predicted molar refractivity (Wildman–Crippen MR) is 92.1 cm³/mol. The van der Waals surface area contributed by atoms with Gasteiger partial charge in [0.05, 0.1) is 11.9 Å². The van der Waals surface area contributed by atoms with Crippen molar-refractivity contribution in [3.8, 4) is 0 Å². The fourth-order valence-electron chi connectivity index (χ4n) is 2.26. The van der Waals surface area contributed by atoms with Gasteiger partial charge in [0.2, 0.25) is 0 Å². The predicted octanol–water partition coefficient (Wildman–Crippen LogP) is 6.47. The largest absolute Gasteiger partial charge is 0.460 e. The number of benzene rings is 1. The van der Waals surface area contributed by atoms with Crippen LogP contribution in [0.3, 0.4) is 0 Å². The van der Waals surface area contributed by atoms with Crippen LogP contribution in [-0.2, 0) is 16.2 Å². The van der Waals surface area contributed by atoms with Crippen LogP contribution < -0.4 is 0 Å². The summed E-state index contributed by atoms with van der Waals surface area (Å²) in [7, 11) is 0. The lowest BCUT2D eigenvalue weighted by molar-refractivity contribution is -0.440. The lowest BCUT2D eigenvalue weighted by atomic mass is 9.92. The maximum Gasteiger partial charge on any atom is 0.460 e. The van der Waals surface area contributed by atoms with Gasteiger partial charge >= 0.3 is 35.8 Å². The van der Waals surface area contributed by atoms with Gasteiger partial charge in [-0.25, -0.2) is 5.06 Å². The maximum absolute atomic E-state index is 13.9. The van der Waals surface area contributed by atoms with E-state index in [-0.39, 0.29) is 5.06 Å². The van der Waals surface area contributed by atoms with Crippen LogP contribution in [0.15, 0.2) is 30.3 Å². The zero-order valence-corrected chi connectivity index (χ0v) is 17.9. The average Bonchev–Trinajstić information content (AvgIpc) is 2.72. The molecule has 1 aromatic carbocycles. The van der Waals surface area contributed by atoms with Crippen LogP contribution in [0.4, 0.5) is 57.1 Å². The molecule has 0 spiro atoms. The molecule has 17 heteroatoms. The van der Waals surface area contributed by atoms with Gasteiger partial charge in [0.25, 0.3) is 5.91 Å². The van der Waals surface area contributed by atoms with Crippen molar-refractivity contribution in [1.29, 1.82) is 0 Å². The minimum absolute atomic E-state index is 0.0215. The molecule has 0 atom stereocenters. The lowest BCUT2D eigenvalue weighted by Gasteiger charge is -2.40. The summed E-state index contributed by atoms with van der Waals surface area (Å²) < 4.78 is 171. The first kappa shape index (κ1) is 30.3. The Morgan fingerprint density at radius 2 is 1.24 bits per heavy atom. The van der Waals surface area contributed by atoms with Crippen LogP contribution in [0, 0.1) is 0 Å². The van der Waals surface area contributed by atoms with Crippen molar-refractivity contribution in [2.75, 3.05) is 11.9 Å². The highest BCUT2D eigenvalue weighted by Gasteiger charge is 2.90. The summed E-state index contributed by atoms with van der Waals surface area (Å²) in [5.74, 6) is -38.6. The maximum atomic E-state index is 13.9. The summed E-state index contributed by atoms with van der Waals surface area (Å²) in [6.07, 6.45) is -10.0. The SMILES string of the molecule is O=C(CBr)N(CCC(F)(F)C(F)(F)C(F)(F)C(F)(F)C(F)(F)C(F)(F)F)OCc1ccccc1. The highest BCUT2D eigenvalue weighted by Crippen LogP contribution is 2.60. The average molecular weight is 590 g/mol. The number of hydrogen-bond donors (Lipinski definition) is 0. The van der Waals surface area contributed by atoms with Crippen molar-refractivity contribution >= 4 is 21.8 Å². The first-order valence-electron chi connectivity index (χ1n) is 8.66. The Kier molecular flexibility index (Phi) is 8.96. The minimum atomic E-state index is -7.97. The van der Waals surface area contributed by atoms with Crippen LogP contribution in [0.1, 0.15) is 12.0 Å². The standard InChI is InChI=1S/C17H13BrF13NO2/c18-8-11(33)32(34-9-10-4-2-1-3-5-10)7-6-12(19,20)13(21,22)14(23,24)15(25,26)16(27,28)17(29,30)31/h1-5H,6-9H2. The molecular formula is C17H13BrF13NO2. The third-order valence-corrected chi connectivity index (χ3v) is 4.73. The van der Waals surface area contributed by atoms with Gasteiger partial charge in [-0.1, -0.05) is 46.3 Å². The molecular weight excluding hydrogens is 577 g/mol. The highest BCUT2D eigenvalue weighted by molar-refractivity contribution is 9.09. The fraction of sp³-hybridized carbons (Fsp3) is 0.588. The van der Waals surface area contributed by atoms with Crippen LogP contribution >= 0.6 is 15.9 Å². The minimum Gasteiger partial charge on any atom is -0.272 e. The molecule has 0 N–H and O–H groups in total. The molecule has 0 aliphatic heterocycles. The normalized spacial score (nSPS) is 14.3. The van der Waals surface area contributed by atoms with E-state index < -0.39 is 66.6 Å². The molecule has 0 aliphatic carbocycles. The summed E-state index contributed by atoms with van der Waals surface area (Å²) >= 11 is 2.58. The molecule has 196 valence electrons. The van der Waals surface area contributed by atoms with E-state index in [9.17, 15) is 61.9 Å². The molecule has 0 heterocycles. The van der Waals surface area contributed by atoms with Gasteiger partial charge in [-0.2, -0.15) is 57.1 Å². The molecule has 1 aromatic rings. The number of hydrogen-bond acceptors (Lipinski definition) is 2. The Morgan fingerprint density at radius 1 is 0.765 bits per heavy atom. The lowest BCUT2D eigenvalue weighted by Crippen LogP contribution is -2.70. The molecule has 0 aliphatic rings. The third kappa shape index (κ3) is 5.54. The van der Waals surface area contributed by atoms with Crippen molar-refractivity contribution in [2.24, 2.45) is 0 Å². The van der Waals surface area contributed by atoms with E-state index in [0.717, 1.165) is 0 Å². The van der Waals surface area contributed by atoms with E-state index in [4.69, 9.17) is 4.84 Å². The molecule has 0 saturated heterocycles. The Balaban J connectivity index is 3.15. The first-order valence-corrected chi connectivity index (χ1v) is 9.78. The van der Waals surface area contributed by atoms with Gasteiger partial charge in [0.1, 0.15) is 6.61 Å². The van der Waals surface area contributed by atoms with Gasteiger partial charge in [0, 0.05) is 6.42 Å². The number of halogens is 14. The quantitative estimate of drug-likeness (QED) is 0.168. The third-order valence-electron chi connectivity index (χ3n) is 4.25. The Bertz CT molecular complexity index is 830. The molecule has 1 rings (SSSR count). The van der Waals surface area contributed by atoms with E-state index in [0.29, 0.717) is 5.56 Å². The molecule has 0 saturated carbocycles. The van der Waals surface area contributed by atoms with Crippen LogP contribution in [-0.4, -0.2) is 58.6 Å². The van der Waals surface area contributed by atoms with Crippen molar-refractivity contribution < 1.29 is 66.7 Å². The highest BCUT2D eigenvalue weighted by atomic mass is 79.9. The molecule has 0 unspecified atom stereocenters. The second kappa shape index (κ2) is 10.1. The number of nitrogens with zero attached hydrogens (tertiary/aromatic N) is 1. The number of carbonyl (C=O) groups is 1. The molecule has 0 bridgehead atoms. The summed E-state index contributed by atoms with van der Waals surface area (Å²) in [4.78, 5) is 16.5.